The summed E-state index contributed by atoms with van der Waals surface area (Å²) in [5.41, 5.74) is 2.84. The van der Waals surface area contributed by atoms with Crippen LogP contribution in [0.2, 0.25) is 10.0 Å². The lowest BCUT2D eigenvalue weighted by molar-refractivity contribution is 1.59. The fourth-order valence-electron chi connectivity index (χ4n) is 1.47. The van der Waals surface area contributed by atoms with Gasteiger partial charge in [-0.3, -0.25) is 0 Å². The van der Waals surface area contributed by atoms with Gasteiger partial charge in [-0.05, 0) is 29.8 Å². The molecule has 2 aromatic carbocycles. The van der Waals surface area contributed by atoms with E-state index in [1.54, 1.807) is 6.07 Å². The molecule has 2 rings (SSSR count). The van der Waals surface area contributed by atoms with Gasteiger partial charge in [0.25, 0.3) is 0 Å². The highest BCUT2D eigenvalue weighted by molar-refractivity contribution is 6.36. The second kappa shape index (κ2) is 4.61. The van der Waals surface area contributed by atoms with Gasteiger partial charge in [-0.1, -0.05) is 47.3 Å². The Hall–Kier alpha value is -1.42. The average Bonchev–Trinajstić information content (AvgIpc) is 2.29. The van der Waals surface area contributed by atoms with Crippen molar-refractivity contribution in [2.75, 3.05) is 0 Å². The Morgan fingerprint density at radius 2 is 1.62 bits per heavy atom. The van der Waals surface area contributed by atoms with Gasteiger partial charge in [0.1, 0.15) is 0 Å². The lowest BCUT2D eigenvalue weighted by Crippen LogP contribution is -1.80. The smallest absolute Gasteiger partial charge is 0.0499 e. The van der Waals surface area contributed by atoms with E-state index in [0.29, 0.717) is 10.0 Å². The predicted molar refractivity (Wildman–Crippen MR) is 69.8 cm³/mol. The molecule has 78 valence electrons. The maximum atomic E-state index is 6.11. The first kappa shape index (κ1) is 11.1. The van der Waals surface area contributed by atoms with Crippen molar-refractivity contribution in [3.63, 3.8) is 0 Å². The summed E-state index contributed by atoms with van der Waals surface area (Å²) in [5, 5.41) is 1.27. The Labute approximate surface area is 105 Å². The fraction of sp³-hybridized carbons (Fsp3) is 0. The van der Waals surface area contributed by atoms with Crippen LogP contribution in [0.3, 0.4) is 0 Å². The van der Waals surface area contributed by atoms with Crippen molar-refractivity contribution in [1.82, 2.24) is 0 Å². The molecule has 0 N–H and O–H groups in total. The molecule has 0 aromatic heterocycles. The van der Waals surface area contributed by atoms with Crippen molar-refractivity contribution in [2.24, 2.45) is 0 Å². The van der Waals surface area contributed by atoms with Gasteiger partial charge < -0.3 is 0 Å². The summed E-state index contributed by atoms with van der Waals surface area (Å²) < 4.78 is 0. The van der Waals surface area contributed by atoms with Gasteiger partial charge in [0.15, 0.2) is 0 Å². The largest absolute Gasteiger partial charge is 0.115 e. The minimum atomic E-state index is 0.633. The van der Waals surface area contributed by atoms with Crippen LogP contribution in [0.15, 0.2) is 42.5 Å². The molecule has 0 unspecified atom stereocenters. The second-order valence-corrected chi connectivity index (χ2v) is 4.19. The molecule has 0 nitrogen and oxygen atoms in total. The van der Waals surface area contributed by atoms with Crippen LogP contribution in [0.1, 0.15) is 5.56 Å². The Balaban J connectivity index is 2.47. The lowest BCUT2D eigenvalue weighted by Gasteiger charge is -2.05. The van der Waals surface area contributed by atoms with E-state index in [4.69, 9.17) is 29.6 Å². The van der Waals surface area contributed by atoms with E-state index in [1.165, 1.54) is 0 Å². The average molecular weight is 247 g/mol. The van der Waals surface area contributed by atoms with Crippen LogP contribution in [0.5, 0.6) is 0 Å². The predicted octanol–water partition coefficient (Wildman–Crippen LogP) is 4.64. The topological polar surface area (TPSA) is 0 Å². The van der Waals surface area contributed by atoms with E-state index in [0.717, 1.165) is 16.7 Å². The van der Waals surface area contributed by atoms with Gasteiger partial charge in [-0.15, -0.1) is 6.42 Å². The van der Waals surface area contributed by atoms with Gasteiger partial charge in [-0.25, -0.2) is 0 Å². The molecule has 2 aromatic rings. The Bertz CT molecular complexity index is 548. The maximum absolute atomic E-state index is 6.11. The minimum Gasteiger partial charge on any atom is -0.115 e. The van der Waals surface area contributed by atoms with Crippen molar-refractivity contribution in [3.8, 4) is 23.5 Å². The first-order valence-corrected chi connectivity index (χ1v) is 5.48. The zero-order valence-electron chi connectivity index (χ0n) is 8.37. The van der Waals surface area contributed by atoms with Crippen LogP contribution in [-0.4, -0.2) is 0 Å². The van der Waals surface area contributed by atoms with Crippen LogP contribution in [0.25, 0.3) is 11.1 Å². The maximum Gasteiger partial charge on any atom is 0.0499 e. The molecule has 0 amide bonds. The number of hydrogen-bond acceptors (Lipinski definition) is 0. The molecule has 0 saturated carbocycles. The highest BCUT2D eigenvalue weighted by Crippen LogP contribution is 2.30. The van der Waals surface area contributed by atoms with Gasteiger partial charge in [0.2, 0.25) is 0 Å². The van der Waals surface area contributed by atoms with E-state index in [2.05, 4.69) is 5.92 Å². The molecule has 0 fully saturated rings. The number of rotatable bonds is 1. The second-order valence-electron chi connectivity index (χ2n) is 3.35. The highest BCUT2D eigenvalue weighted by atomic mass is 35.5. The van der Waals surface area contributed by atoms with Gasteiger partial charge >= 0.3 is 0 Å². The van der Waals surface area contributed by atoms with Crippen molar-refractivity contribution in [3.05, 3.63) is 58.1 Å². The SMILES string of the molecule is C#Cc1ccc(-c2ccc(Cl)cc2Cl)cc1. The van der Waals surface area contributed by atoms with E-state index >= 15 is 0 Å². The monoisotopic (exact) mass is 246 g/mol. The summed E-state index contributed by atoms with van der Waals surface area (Å²) in [7, 11) is 0. The third-order valence-corrected chi connectivity index (χ3v) is 2.84. The summed E-state index contributed by atoms with van der Waals surface area (Å²) >= 11 is 12.0. The molecular weight excluding hydrogens is 239 g/mol. The van der Waals surface area contributed by atoms with Crippen molar-refractivity contribution >= 4 is 23.2 Å². The number of hydrogen-bond donors (Lipinski definition) is 0. The van der Waals surface area contributed by atoms with Gasteiger partial charge in [0, 0.05) is 21.2 Å². The Kier molecular flexibility index (Phi) is 3.19. The molecule has 16 heavy (non-hydrogen) atoms. The molecule has 0 bridgehead atoms. The molecule has 0 aliphatic heterocycles. The first-order chi connectivity index (χ1) is 7.70. The van der Waals surface area contributed by atoms with Crippen LogP contribution >= 0.6 is 23.2 Å². The number of terminal acetylenes is 1. The fourth-order valence-corrected chi connectivity index (χ4v) is 1.99. The molecule has 2 heteroatoms. The molecule has 0 radical (unpaired) electrons. The quantitative estimate of drug-likeness (QED) is 0.644. The highest BCUT2D eigenvalue weighted by Gasteiger charge is 2.03. The first-order valence-electron chi connectivity index (χ1n) is 4.73. The molecular formula is C14H8Cl2. The van der Waals surface area contributed by atoms with E-state index in [9.17, 15) is 0 Å². The molecule has 0 atom stereocenters. The van der Waals surface area contributed by atoms with Crippen molar-refractivity contribution < 1.29 is 0 Å². The third-order valence-electron chi connectivity index (χ3n) is 2.29. The van der Waals surface area contributed by atoms with Crippen LogP contribution in [0, 0.1) is 12.3 Å². The van der Waals surface area contributed by atoms with E-state index in [1.807, 2.05) is 36.4 Å². The molecule has 0 heterocycles. The molecule has 0 aliphatic rings. The van der Waals surface area contributed by atoms with Crippen LogP contribution in [-0.2, 0) is 0 Å². The molecule has 0 aliphatic carbocycles. The molecule has 0 saturated heterocycles. The zero-order valence-corrected chi connectivity index (χ0v) is 9.89. The summed E-state index contributed by atoms with van der Waals surface area (Å²) in [4.78, 5) is 0. The van der Waals surface area contributed by atoms with Crippen LogP contribution in [0.4, 0.5) is 0 Å². The lowest BCUT2D eigenvalue weighted by atomic mass is 10.0. The Morgan fingerprint density at radius 3 is 2.19 bits per heavy atom. The van der Waals surface area contributed by atoms with Crippen molar-refractivity contribution in [1.29, 1.82) is 0 Å². The summed E-state index contributed by atoms with van der Waals surface area (Å²) in [5.74, 6) is 2.58. The standard InChI is InChI=1S/C14H8Cl2/c1-2-10-3-5-11(6-4-10)13-8-7-12(15)9-14(13)16/h1,3-9H. The summed E-state index contributed by atoms with van der Waals surface area (Å²) in [6, 6.07) is 13.1. The molecule has 0 spiro atoms. The van der Waals surface area contributed by atoms with Gasteiger partial charge in [-0.2, -0.15) is 0 Å². The minimum absolute atomic E-state index is 0.633. The summed E-state index contributed by atoms with van der Waals surface area (Å²) in [6.07, 6.45) is 5.29. The van der Waals surface area contributed by atoms with E-state index in [-0.39, 0.29) is 0 Å². The zero-order chi connectivity index (χ0) is 11.5. The van der Waals surface area contributed by atoms with Crippen LogP contribution < -0.4 is 0 Å². The van der Waals surface area contributed by atoms with Gasteiger partial charge in [0.05, 0.1) is 0 Å². The third kappa shape index (κ3) is 2.22. The number of benzene rings is 2. The summed E-state index contributed by atoms with van der Waals surface area (Å²) in [6.45, 7) is 0. The normalized spacial score (nSPS) is 9.81. The van der Waals surface area contributed by atoms with Crippen molar-refractivity contribution in [2.45, 2.75) is 0 Å². The van der Waals surface area contributed by atoms with E-state index < -0.39 is 0 Å². The Morgan fingerprint density at radius 1 is 0.938 bits per heavy atom. The number of halogens is 2.